The average molecular weight is 526 g/mol. The van der Waals surface area contributed by atoms with E-state index in [0.717, 1.165) is 61.7 Å². The van der Waals surface area contributed by atoms with E-state index in [-0.39, 0.29) is 24.0 Å². The molecule has 1 fully saturated rings. The molecule has 0 atom stereocenters. The van der Waals surface area contributed by atoms with Gasteiger partial charge in [0.15, 0.2) is 17.5 Å². The number of benzene rings is 1. The third-order valence-electron chi connectivity index (χ3n) is 4.69. The Morgan fingerprint density at radius 2 is 1.83 bits per heavy atom. The maximum atomic E-state index is 5.68. The fraction of sp³-hybridized carbons (Fsp3) is 0.476. The Morgan fingerprint density at radius 3 is 2.47 bits per heavy atom. The number of anilines is 1. The van der Waals surface area contributed by atoms with Crippen LogP contribution in [0.1, 0.15) is 19.4 Å². The van der Waals surface area contributed by atoms with Crippen LogP contribution in [-0.4, -0.2) is 67.3 Å². The van der Waals surface area contributed by atoms with Crippen LogP contribution in [0.4, 0.5) is 5.95 Å². The highest BCUT2D eigenvalue weighted by Crippen LogP contribution is 2.28. The van der Waals surface area contributed by atoms with E-state index in [1.54, 1.807) is 19.5 Å². The van der Waals surface area contributed by atoms with Gasteiger partial charge >= 0.3 is 0 Å². The summed E-state index contributed by atoms with van der Waals surface area (Å²) < 4.78 is 11.0. The minimum absolute atomic E-state index is 0. The average Bonchev–Trinajstić information content (AvgIpc) is 2.78. The molecule has 1 aliphatic rings. The number of hydrogen-bond donors (Lipinski definition) is 1. The maximum Gasteiger partial charge on any atom is 0.225 e. The van der Waals surface area contributed by atoms with Crippen molar-refractivity contribution in [2.75, 3.05) is 51.3 Å². The normalized spacial score (nSPS) is 14.2. The number of nitrogens with zero attached hydrogens (tertiary/aromatic N) is 5. The van der Waals surface area contributed by atoms with E-state index in [2.05, 4.69) is 32.0 Å². The number of methoxy groups -OCH3 is 1. The van der Waals surface area contributed by atoms with Crippen LogP contribution in [0.15, 0.2) is 41.7 Å². The van der Waals surface area contributed by atoms with Crippen molar-refractivity contribution in [2.24, 2.45) is 4.99 Å². The molecule has 0 bridgehead atoms. The Bertz CT molecular complexity index is 797. The zero-order chi connectivity index (χ0) is 20.5. The molecule has 8 nitrogen and oxygen atoms in total. The van der Waals surface area contributed by atoms with Crippen molar-refractivity contribution in [3.05, 3.63) is 42.2 Å². The fourth-order valence-electron chi connectivity index (χ4n) is 3.25. The van der Waals surface area contributed by atoms with Gasteiger partial charge in [-0.15, -0.1) is 24.0 Å². The van der Waals surface area contributed by atoms with E-state index in [0.29, 0.717) is 13.2 Å². The van der Waals surface area contributed by atoms with Crippen LogP contribution in [0.5, 0.6) is 11.5 Å². The maximum absolute atomic E-state index is 5.68. The van der Waals surface area contributed by atoms with Crippen molar-refractivity contribution in [1.29, 1.82) is 0 Å². The van der Waals surface area contributed by atoms with Gasteiger partial charge in [-0.05, 0) is 37.6 Å². The predicted molar refractivity (Wildman–Crippen MR) is 130 cm³/mol. The number of ether oxygens (including phenoxy) is 2. The van der Waals surface area contributed by atoms with E-state index in [9.17, 15) is 0 Å². The first-order valence-corrected chi connectivity index (χ1v) is 10.1. The van der Waals surface area contributed by atoms with Gasteiger partial charge in [-0.1, -0.05) is 6.07 Å². The molecule has 2 aromatic rings. The van der Waals surface area contributed by atoms with Crippen LogP contribution in [0.3, 0.4) is 0 Å². The van der Waals surface area contributed by atoms with Crippen LogP contribution in [0, 0.1) is 0 Å². The summed E-state index contributed by atoms with van der Waals surface area (Å²) in [7, 11) is 1.65. The molecule has 3 rings (SSSR count). The van der Waals surface area contributed by atoms with Gasteiger partial charge in [-0.25, -0.2) is 15.0 Å². The lowest BCUT2D eigenvalue weighted by Gasteiger charge is -2.36. The van der Waals surface area contributed by atoms with Gasteiger partial charge in [0.25, 0.3) is 0 Å². The lowest BCUT2D eigenvalue weighted by molar-refractivity contribution is 0.310. The van der Waals surface area contributed by atoms with Crippen molar-refractivity contribution >= 4 is 35.9 Å². The molecule has 164 valence electrons. The molecule has 1 saturated heterocycles. The second kappa shape index (κ2) is 12.4. The molecule has 30 heavy (non-hydrogen) atoms. The lowest BCUT2D eigenvalue weighted by atomic mass is 10.2. The molecule has 0 spiro atoms. The molecule has 0 amide bonds. The largest absolute Gasteiger partial charge is 0.493 e. The Morgan fingerprint density at radius 1 is 1.10 bits per heavy atom. The number of aromatic nitrogens is 2. The van der Waals surface area contributed by atoms with E-state index >= 15 is 0 Å². The Labute approximate surface area is 195 Å². The van der Waals surface area contributed by atoms with Gasteiger partial charge in [0.05, 0.1) is 20.3 Å². The summed E-state index contributed by atoms with van der Waals surface area (Å²) in [6.45, 7) is 9.53. The summed E-state index contributed by atoms with van der Waals surface area (Å²) in [5.41, 5.74) is 1.08. The minimum Gasteiger partial charge on any atom is -0.493 e. The summed E-state index contributed by atoms with van der Waals surface area (Å²) in [4.78, 5) is 18.0. The van der Waals surface area contributed by atoms with Crippen molar-refractivity contribution < 1.29 is 9.47 Å². The second-order valence-corrected chi connectivity index (χ2v) is 6.61. The van der Waals surface area contributed by atoms with Crippen molar-refractivity contribution in [2.45, 2.75) is 20.4 Å². The summed E-state index contributed by atoms with van der Waals surface area (Å²) in [5.74, 6) is 3.21. The first-order chi connectivity index (χ1) is 14.2. The molecule has 1 aliphatic heterocycles. The highest BCUT2D eigenvalue weighted by molar-refractivity contribution is 14.0. The topological polar surface area (TPSA) is 75.1 Å². The summed E-state index contributed by atoms with van der Waals surface area (Å²) in [5, 5.41) is 3.41. The third-order valence-corrected chi connectivity index (χ3v) is 4.69. The smallest absolute Gasteiger partial charge is 0.225 e. The predicted octanol–water partition coefficient (Wildman–Crippen LogP) is 2.79. The molecule has 0 saturated carbocycles. The van der Waals surface area contributed by atoms with Crippen LogP contribution < -0.4 is 19.7 Å². The lowest BCUT2D eigenvalue weighted by Crippen LogP contribution is -2.52. The molecule has 0 radical (unpaired) electrons. The highest BCUT2D eigenvalue weighted by Gasteiger charge is 2.21. The third kappa shape index (κ3) is 6.35. The first kappa shape index (κ1) is 24.0. The molecule has 2 heterocycles. The Kier molecular flexibility index (Phi) is 9.92. The highest BCUT2D eigenvalue weighted by atomic mass is 127. The van der Waals surface area contributed by atoms with E-state index in [1.807, 2.05) is 31.2 Å². The van der Waals surface area contributed by atoms with Crippen molar-refractivity contribution in [3.8, 4) is 11.5 Å². The van der Waals surface area contributed by atoms with Gasteiger partial charge in [0.1, 0.15) is 0 Å². The van der Waals surface area contributed by atoms with E-state index in [1.165, 1.54) is 0 Å². The van der Waals surface area contributed by atoms with E-state index in [4.69, 9.17) is 14.5 Å². The molecular weight excluding hydrogens is 495 g/mol. The summed E-state index contributed by atoms with van der Waals surface area (Å²) in [6.07, 6.45) is 3.57. The number of halogens is 1. The Hall–Kier alpha value is -2.30. The quantitative estimate of drug-likeness (QED) is 0.338. The number of hydrogen-bond acceptors (Lipinski definition) is 6. The zero-order valence-electron chi connectivity index (χ0n) is 17.9. The number of aliphatic imine (C=N–C) groups is 1. The van der Waals surface area contributed by atoms with Gasteiger partial charge in [-0.2, -0.15) is 0 Å². The van der Waals surface area contributed by atoms with Gasteiger partial charge in [0, 0.05) is 45.1 Å². The van der Waals surface area contributed by atoms with Crippen LogP contribution >= 0.6 is 24.0 Å². The number of nitrogens with one attached hydrogen (secondary N) is 1. The van der Waals surface area contributed by atoms with Crippen LogP contribution in [-0.2, 0) is 6.54 Å². The monoisotopic (exact) mass is 526 g/mol. The minimum atomic E-state index is 0. The molecular formula is C21H31IN6O2. The van der Waals surface area contributed by atoms with Crippen molar-refractivity contribution in [1.82, 2.24) is 20.2 Å². The van der Waals surface area contributed by atoms with Gasteiger partial charge in [-0.3, -0.25) is 0 Å². The Balaban J connectivity index is 0.00000320. The molecule has 9 heteroatoms. The molecule has 1 aromatic heterocycles. The standard InChI is InChI=1S/C21H30N6O2.HI/c1-4-22-20(25-16-17-7-8-18(28-3)19(15-17)29-5-2)26-11-13-27(14-12-26)21-23-9-6-10-24-21;/h6-10,15H,4-5,11-14,16H2,1-3H3,(H,22,25);1H. The second-order valence-electron chi connectivity index (χ2n) is 6.61. The summed E-state index contributed by atoms with van der Waals surface area (Å²) in [6, 6.07) is 7.80. The zero-order valence-corrected chi connectivity index (χ0v) is 20.2. The van der Waals surface area contributed by atoms with Crippen LogP contribution in [0.2, 0.25) is 0 Å². The molecule has 1 aromatic carbocycles. The number of piperazine rings is 1. The number of guanidine groups is 1. The molecule has 0 unspecified atom stereocenters. The SMILES string of the molecule is CCNC(=NCc1ccc(OC)c(OCC)c1)N1CCN(c2ncccn2)CC1.I. The molecule has 0 aliphatic carbocycles. The van der Waals surface area contributed by atoms with Crippen LogP contribution in [0.25, 0.3) is 0 Å². The molecule has 1 N–H and O–H groups in total. The summed E-state index contributed by atoms with van der Waals surface area (Å²) >= 11 is 0. The first-order valence-electron chi connectivity index (χ1n) is 10.1. The van der Waals surface area contributed by atoms with Gasteiger partial charge < -0.3 is 24.6 Å². The number of rotatable bonds is 7. The van der Waals surface area contributed by atoms with Crippen molar-refractivity contribution in [3.63, 3.8) is 0 Å². The fourth-order valence-corrected chi connectivity index (χ4v) is 3.25. The van der Waals surface area contributed by atoms with E-state index < -0.39 is 0 Å². The van der Waals surface area contributed by atoms with Gasteiger partial charge in [0.2, 0.25) is 5.95 Å².